The summed E-state index contributed by atoms with van der Waals surface area (Å²) in [6.45, 7) is 11.9. The van der Waals surface area contributed by atoms with Crippen LogP contribution in [0.25, 0.3) is 0 Å². The van der Waals surface area contributed by atoms with Crippen LogP contribution in [0.4, 0.5) is 0 Å². The molecular weight excluding hydrogens is 110 g/mol. The van der Waals surface area contributed by atoms with Crippen LogP contribution in [0.3, 0.4) is 0 Å². The predicted molar refractivity (Wildman–Crippen MR) is 42.8 cm³/mol. The van der Waals surface area contributed by atoms with Gasteiger partial charge in [0.1, 0.15) is 0 Å². The van der Waals surface area contributed by atoms with Crippen molar-refractivity contribution in [3.05, 3.63) is 12.8 Å². The lowest BCUT2D eigenvalue weighted by atomic mass is 9.91. The van der Waals surface area contributed by atoms with Gasteiger partial charge in [0.15, 0.2) is 0 Å². The molecule has 0 radical (unpaired) electrons. The van der Waals surface area contributed by atoms with Crippen molar-refractivity contribution in [2.75, 3.05) is 0 Å². The Bertz CT molecular complexity index is 126. The van der Waals surface area contributed by atoms with E-state index in [-0.39, 0.29) is 5.41 Å². The molecule has 0 aliphatic heterocycles. The van der Waals surface area contributed by atoms with Crippen LogP contribution in [0.2, 0.25) is 0 Å². The second-order valence-electron chi connectivity index (χ2n) is 3.15. The van der Waals surface area contributed by atoms with Gasteiger partial charge < -0.3 is 0 Å². The van der Waals surface area contributed by atoms with Crippen molar-refractivity contribution in [1.29, 1.82) is 0 Å². The Morgan fingerprint density at radius 3 is 2.00 bits per heavy atom. The van der Waals surface area contributed by atoms with Gasteiger partial charge >= 0.3 is 0 Å². The van der Waals surface area contributed by atoms with Gasteiger partial charge in [0.25, 0.3) is 0 Å². The molecular formula is C8H15N. The highest BCUT2D eigenvalue weighted by atomic mass is 14.7. The third-order valence-electron chi connectivity index (χ3n) is 1.37. The van der Waals surface area contributed by atoms with E-state index in [1.165, 1.54) is 0 Å². The minimum Gasteiger partial charge on any atom is -0.266 e. The smallest absolute Gasteiger partial charge is 0.0201 e. The lowest BCUT2D eigenvalue weighted by Gasteiger charge is -2.16. The maximum Gasteiger partial charge on any atom is 0.0201 e. The molecule has 0 atom stereocenters. The lowest BCUT2D eigenvalue weighted by Crippen LogP contribution is -2.15. The molecule has 1 nitrogen and oxygen atoms in total. The van der Waals surface area contributed by atoms with Crippen LogP contribution < -0.4 is 0 Å². The number of aliphatic imine (C=N–C) groups is 1. The Hall–Kier alpha value is -0.590. The van der Waals surface area contributed by atoms with Crippen LogP contribution in [0, 0.1) is 5.41 Å². The van der Waals surface area contributed by atoms with Gasteiger partial charge in [0.2, 0.25) is 0 Å². The molecule has 0 unspecified atom stereocenters. The normalized spacial score (nSPS) is 13.6. The first-order valence-electron chi connectivity index (χ1n) is 3.14. The molecule has 0 aromatic rings. The van der Waals surface area contributed by atoms with Crippen molar-refractivity contribution in [2.45, 2.75) is 27.7 Å². The summed E-state index contributed by atoms with van der Waals surface area (Å²) in [7, 11) is 0. The molecule has 52 valence electrons. The van der Waals surface area contributed by atoms with E-state index >= 15 is 0 Å². The van der Waals surface area contributed by atoms with E-state index in [4.69, 9.17) is 0 Å². The van der Waals surface area contributed by atoms with Gasteiger partial charge in [-0.2, -0.15) is 0 Å². The fourth-order valence-electron chi connectivity index (χ4n) is 0.331. The minimum atomic E-state index is 0.189. The molecule has 0 fully saturated rings. The van der Waals surface area contributed by atoms with E-state index in [0.717, 1.165) is 5.71 Å². The second kappa shape index (κ2) is 2.81. The van der Waals surface area contributed by atoms with E-state index in [0.29, 0.717) is 0 Å². The van der Waals surface area contributed by atoms with Crippen LogP contribution in [-0.2, 0) is 0 Å². The summed E-state index contributed by atoms with van der Waals surface area (Å²) in [6.07, 6.45) is 1.58. The molecule has 0 saturated heterocycles. The molecule has 0 bridgehead atoms. The van der Waals surface area contributed by atoms with E-state index in [1.54, 1.807) is 6.20 Å². The Balaban J connectivity index is 4.19. The Morgan fingerprint density at radius 2 is 1.89 bits per heavy atom. The largest absolute Gasteiger partial charge is 0.266 e. The summed E-state index contributed by atoms with van der Waals surface area (Å²) < 4.78 is 0. The standard InChI is InChI=1S/C8H15N/c1-6-9-7(2)8(3,4)5/h6H,1H2,2-5H3. The van der Waals surface area contributed by atoms with Gasteiger partial charge in [-0.1, -0.05) is 27.4 Å². The number of hydrogen-bond donors (Lipinski definition) is 0. The van der Waals surface area contributed by atoms with Gasteiger partial charge in [0, 0.05) is 11.9 Å². The zero-order chi connectivity index (χ0) is 7.49. The first kappa shape index (κ1) is 8.41. The molecule has 0 rings (SSSR count). The molecule has 0 aromatic heterocycles. The van der Waals surface area contributed by atoms with Crippen LogP contribution in [0.15, 0.2) is 17.8 Å². The fraction of sp³-hybridized carbons (Fsp3) is 0.625. The van der Waals surface area contributed by atoms with Crippen molar-refractivity contribution in [3.8, 4) is 0 Å². The van der Waals surface area contributed by atoms with E-state index < -0.39 is 0 Å². The maximum atomic E-state index is 4.08. The molecule has 0 aliphatic rings. The zero-order valence-electron chi connectivity index (χ0n) is 6.73. The molecule has 9 heavy (non-hydrogen) atoms. The summed E-state index contributed by atoms with van der Waals surface area (Å²) in [5.41, 5.74) is 1.31. The van der Waals surface area contributed by atoms with Crippen LogP contribution in [-0.4, -0.2) is 5.71 Å². The van der Waals surface area contributed by atoms with Crippen molar-refractivity contribution in [2.24, 2.45) is 10.4 Å². The highest BCUT2D eigenvalue weighted by Crippen LogP contribution is 2.15. The van der Waals surface area contributed by atoms with Gasteiger partial charge in [-0.25, -0.2) is 0 Å². The Morgan fingerprint density at radius 1 is 1.44 bits per heavy atom. The van der Waals surface area contributed by atoms with E-state index in [1.807, 2.05) is 6.92 Å². The quantitative estimate of drug-likeness (QED) is 0.478. The third kappa shape index (κ3) is 3.07. The highest BCUT2D eigenvalue weighted by molar-refractivity contribution is 5.87. The van der Waals surface area contributed by atoms with Crippen molar-refractivity contribution in [3.63, 3.8) is 0 Å². The third-order valence-corrected chi connectivity index (χ3v) is 1.37. The summed E-state index contributed by atoms with van der Waals surface area (Å²) in [4.78, 5) is 4.08. The molecule has 0 saturated carbocycles. The Kier molecular flexibility index (Phi) is 2.63. The monoisotopic (exact) mass is 125 g/mol. The molecule has 0 N–H and O–H groups in total. The summed E-state index contributed by atoms with van der Waals surface area (Å²) >= 11 is 0. The van der Waals surface area contributed by atoms with Gasteiger partial charge in [-0.05, 0) is 12.3 Å². The molecule has 0 aliphatic carbocycles. The second-order valence-corrected chi connectivity index (χ2v) is 3.15. The van der Waals surface area contributed by atoms with E-state index in [2.05, 4.69) is 32.3 Å². The van der Waals surface area contributed by atoms with Crippen LogP contribution >= 0.6 is 0 Å². The SMILES string of the molecule is C=CN=C(C)C(C)(C)C. The molecule has 0 amide bonds. The fourth-order valence-corrected chi connectivity index (χ4v) is 0.331. The highest BCUT2D eigenvalue weighted by Gasteiger charge is 2.12. The average Bonchev–Trinajstić information content (AvgIpc) is 1.64. The number of hydrogen-bond acceptors (Lipinski definition) is 1. The first-order valence-corrected chi connectivity index (χ1v) is 3.14. The van der Waals surface area contributed by atoms with Gasteiger partial charge in [-0.3, -0.25) is 4.99 Å². The maximum absolute atomic E-state index is 4.08. The minimum absolute atomic E-state index is 0.189. The summed E-state index contributed by atoms with van der Waals surface area (Å²) in [6, 6.07) is 0. The molecule has 0 aromatic carbocycles. The molecule has 0 spiro atoms. The average molecular weight is 125 g/mol. The Labute approximate surface area is 57.5 Å². The summed E-state index contributed by atoms with van der Waals surface area (Å²) in [5, 5.41) is 0. The first-order chi connectivity index (χ1) is 3.98. The van der Waals surface area contributed by atoms with Crippen molar-refractivity contribution >= 4 is 5.71 Å². The number of nitrogens with zero attached hydrogens (tertiary/aromatic N) is 1. The van der Waals surface area contributed by atoms with Gasteiger partial charge in [-0.15, -0.1) is 0 Å². The number of rotatable bonds is 1. The van der Waals surface area contributed by atoms with E-state index in [9.17, 15) is 0 Å². The van der Waals surface area contributed by atoms with Crippen LogP contribution in [0.1, 0.15) is 27.7 Å². The van der Waals surface area contributed by atoms with Crippen LogP contribution in [0.5, 0.6) is 0 Å². The molecule has 1 heteroatoms. The summed E-state index contributed by atoms with van der Waals surface area (Å²) in [5.74, 6) is 0. The van der Waals surface area contributed by atoms with Gasteiger partial charge in [0.05, 0.1) is 0 Å². The zero-order valence-corrected chi connectivity index (χ0v) is 6.73. The van der Waals surface area contributed by atoms with Crippen molar-refractivity contribution in [1.82, 2.24) is 0 Å². The van der Waals surface area contributed by atoms with Crippen molar-refractivity contribution < 1.29 is 0 Å². The molecule has 0 heterocycles. The predicted octanol–water partition coefficient (Wildman–Crippen LogP) is 2.64. The topological polar surface area (TPSA) is 12.4 Å². The lowest BCUT2D eigenvalue weighted by molar-refractivity contribution is 0.588.